The van der Waals surface area contributed by atoms with Crippen molar-refractivity contribution in [1.82, 2.24) is 14.4 Å². The first-order valence-electron chi connectivity index (χ1n) is 3.87. The fraction of sp³-hybridized carbons (Fsp3) is 0.250. The highest BCUT2D eigenvalue weighted by molar-refractivity contribution is 6.29. The minimum atomic E-state index is 0.461. The van der Waals surface area contributed by atoms with Gasteiger partial charge in [-0.25, -0.2) is 9.97 Å². The van der Waals surface area contributed by atoms with Crippen LogP contribution in [0.5, 0.6) is 0 Å². The third kappa shape index (κ3) is 1.06. The first-order valence-corrected chi connectivity index (χ1v) is 4.24. The molecule has 0 unspecified atom stereocenters. The predicted octanol–water partition coefficient (Wildman–Crippen LogP) is 1.58. The zero-order valence-electron chi connectivity index (χ0n) is 7.37. The number of hydrogen-bond donors (Lipinski definition) is 1. The molecule has 2 rings (SSSR count). The Morgan fingerprint density at radius 1 is 1.46 bits per heavy atom. The Kier molecular flexibility index (Phi) is 1.66. The number of nitrogens with zero attached hydrogens (tertiary/aromatic N) is 3. The van der Waals surface area contributed by atoms with Gasteiger partial charge in [-0.1, -0.05) is 11.6 Å². The van der Waals surface area contributed by atoms with E-state index < -0.39 is 0 Å². The summed E-state index contributed by atoms with van der Waals surface area (Å²) in [6.07, 6.45) is 1.53. The molecule has 0 saturated heterocycles. The van der Waals surface area contributed by atoms with Gasteiger partial charge in [0.05, 0.1) is 11.9 Å². The van der Waals surface area contributed by atoms with Gasteiger partial charge in [0.2, 0.25) is 0 Å². The van der Waals surface area contributed by atoms with Crippen LogP contribution in [0.1, 0.15) is 11.5 Å². The van der Waals surface area contributed by atoms with Crippen LogP contribution in [-0.4, -0.2) is 14.4 Å². The first kappa shape index (κ1) is 8.31. The molecule has 0 radical (unpaired) electrons. The van der Waals surface area contributed by atoms with Gasteiger partial charge in [-0.15, -0.1) is 0 Å². The van der Waals surface area contributed by atoms with Gasteiger partial charge < -0.3 is 5.73 Å². The number of aryl methyl sites for hydroxylation is 2. The van der Waals surface area contributed by atoms with Crippen LogP contribution < -0.4 is 5.73 Å². The second-order valence-corrected chi connectivity index (χ2v) is 3.28. The van der Waals surface area contributed by atoms with Gasteiger partial charge in [0.1, 0.15) is 22.3 Å². The maximum atomic E-state index is 5.95. The Hall–Kier alpha value is -1.29. The van der Waals surface area contributed by atoms with Crippen LogP contribution in [0.25, 0.3) is 5.52 Å². The van der Waals surface area contributed by atoms with Gasteiger partial charge in [0.15, 0.2) is 0 Å². The van der Waals surface area contributed by atoms with Crippen molar-refractivity contribution >= 4 is 22.9 Å². The summed E-state index contributed by atoms with van der Waals surface area (Å²) in [4.78, 5) is 8.24. The Bertz CT molecular complexity index is 432. The molecule has 68 valence electrons. The summed E-state index contributed by atoms with van der Waals surface area (Å²) >= 11 is 5.95. The molecule has 0 atom stereocenters. The fourth-order valence-corrected chi connectivity index (χ4v) is 1.73. The van der Waals surface area contributed by atoms with E-state index in [1.807, 2.05) is 13.8 Å². The summed E-state index contributed by atoms with van der Waals surface area (Å²) in [5.74, 6) is 1.29. The maximum Gasteiger partial charge on any atom is 0.149 e. The number of hydrogen-bond acceptors (Lipinski definition) is 3. The average Bonchev–Trinajstić information content (AvgIpc) is 2.36. The molecule has 0 aromatic carbocycles. The van der Waals surface area contributed by atoms with Crippen molar-refractivity contribution in [2.24, 2.45) is 0 Å². The van der Waals surface area contributed by atoms with Crippen molar-refractivity contribution in [3.05, 3.63) is 22.9 Å². The van der Waals surface area contributed by atoms with Gasteiger partial charge in [-0.2, -0.15) is 0 Å². The van der Waals surface area contributed by atoms with Crippen molar-refractivity contribution < 1.29 is 0 Å². The second kappa shape index (κ2) is 2.60. The third-order valence-corrected chi connectivity index (χ3v) is 2.25. The first-order chi connectivity index (χ1) is 6.11. The van der Waals surface area contributed by atoms with E-state index in [2.05, 4.69) is 9.97 Å². The molecular weight excluding hydrogens is 188 g/mol. The molecule has 0 aliphatic heterocycles. The fourth-order valence-electron chi connectivity index (χ4n) is 1.47. The van der Waals surface area contributed by atoms with Gasteiger partial charge in [0.25, 0.3) is 0 Å². The molecule has 0 amide bonds. The predicted molar refractivity (Wildman–Crippen MR) is 51.9 cm³/mol. The Balaban J connectivity index is 3.03. The topological polar surface area (TPSA) is 56.2 Å². The van der Waals surface area contributed by atoms with Crippen molar-refractivity contribution in [2.75, 3.05) is 5.73 Å². The summed E-state index contributed by atoms with van der Waals surface area (Å²) < 4.78 is 1.79. The highest BCUT2D eigenvalue weighted by Crippen LogP contribution is 2.21. The number of rotatable bonds is 0. The van der Waals surface area contributed by atoms with Crippen molar-refractivity contribution in [3.63, 3.8) is 0 Å². The molecular formula is C8H9ClN4. The number of halogens is 1. The molecule has 4 nitrogen and oxygen atoms in total. The van der Waals surface area contributed by atoms with E-state index in [4.69, 9.17) is 17.3 Å². The van der Waals surface area contributed by atoms with E-state index in [0.717, 1.165) is 17.0 Å². The largest absolute Gasteiger partial charge is 0.382 e. The molecule has 2 aromatic rings. The standard InChI is InChI=1S/C8H9ClN4/c1-4-7-8(10)11-3-6(9)13(7)5(2)12-4/h3H,1-2H3,(H2,10,11). The Labute approximate surface area is 80.4 Å². The van der Waals surface area contributed by atoms with E-state index >= 15 is 0 Å². The van der Waals surface area contributed by atoms with E-state index in [-0.39, 0.29) is 0 Å². The zero-order valence-corrected chi connectivity index (χ0v) is 8.13. The summed E-state index contributed by atoms with van der Waals surface area (Å²) in [7, 11) is 0. The van der Waals surface area contributed by atoms with E-state index in [9.17, 15) is 0 Å². The molecule has 0 bridgehead atoms. The zero-order chi connectivity index (χ0) is 9.59. The highest BCUT2D eigenvalue weighted by Gasteiger charge is 2.10. The molecule has 2 heterocycles. The number of imidazole rings is 1. The summed E-state index contributed by atoms with van der Waals surface area (Å²) in [5, 5.41) is 0.530. The van der Waals surface area contributed by atoms with Gasteiger partial charge in [-0.05, 0) is 13.8 Å². The lowest BCUT2D eigenvalue weighted by molar-refractivity contribution is 1.03. The molecule has 2 N–H and O–H groups in total. The summed E-state index contributed by atoms with van der Waals surface area (Å²) in [6, 6.07) is 0. The third-order valence-electron chi connectivity index (χ3n) is 1.99. The van der Waals surface area contributed by atoms with Crippen molar-refractivity contribution in [2.45, 2.75) is 13.8 Å². The second-order valence-electron chi connectivity index (χ2n) is 2.89. The lowest BCUT2D eigenvalue weighted by atomic mass is 10.4. The molecule has 0 fully saturated rings. The van der Waals surface area contributed by atoms with E-state index in [1.165, 1.54) is 6.20 Å². The Morgan fingerprint density at radius 2 is 2.15 bits per heavy atom. The lowest BCUT2D eigenvalue weighted by Gasteiger charge is -2.01. The van der Waals surface area contributed by atoms with Crippen LogP contribution in [0.3, 0.4) is 0 Å². The van der Waals surface area contributed by atoms with Gasteiger partial charge in [0, 0.05) is 0 Å². The molecule has 0 aliphatic carbocycles. The number of nitrogen functional groups attached to an aromatic ring is 1. The number of anilines is 1. The van der Waals surface area contributed by atoms with Crippen molar-refractivity contribution in [1.29, 1.82) is 0 Å². The number of nitrogens with two attached hydrogens (primary N) is 1. The number of aromatic nitrogens is 3. The molecule has 13 heavy (non-hydrogen) atoms. The van der Waals surface area contributed by atoms with Crippen LogP contribution in [-0.2, 0) is 0 Å². The van der Waals surface area contributed by atoms with E-state index in [0.29, 0.717) is 11.0 Å². The Morgan fingerprint density at radius 3 is 2.77 bits per heavy atom. The molecule has 0 saturated carbocycles. The SMILES string of the molecule is Cc1nc(C)n2c(Cl)cnc(N)c12. The van der Waals surface area contributed by atoms with E-state index in [1.54, 1.807) is 4.40 Å². The van der Waals surface area contributed by atoms with Crippen LogP contribution >= 0.6 is 11.6 Å². The van der Waals surface area contributed by atoms with Crippen molar-refractivity contribution in [3.8, 4) is 0 Å². The smallest absolute Gasteiger partial charge is 0.149 e. The number of fused-ring (bicyclic) bond motifs is 1. The van der Waals surface area contributed by atoms with Crippen LogP contribution in [0.15, 0.2) is 6.20 Å². The monoisotopic (exact) mass is 196 g/mol. The molecule has 2 aromatic heterocycles. The molecule has 0 spiro atoms. The minimum absolute atomic E-state index is 0.461. The summed E-state index contributed by atoms with van der Waals surface area (Å²) in [5.41, 5.74) is 7.36. The lowest BCUT2D eigenvalue weighted by Crippen LogP contribution is -1.98. The normalized spacial score (nSPS) is 11.0. The van der Waals surface area contributed by atoms with Gasteiger partial charge in [-0.3, -0.25) is 4.40 Å². The van der Waals surface area contributed by atoms with Crippen LogP contribution in [0, 0.1) is 13.8 Å². The summed E-state index contributed by atoms with van der Waals surface area (Å²) in [6.45, 7) is 3.77. The highest BCUT2D eigenvalue weighted by atomic mass is 35.5. The molecule has 0 aliphatic rings. The van der Waals surface area contributed by atoms with Crippen LogP contribution in [0.2, 0.25) is 5.15 Å². The maximum absolute atomic E-state index is 5.95. The quantitative estimate of drug-likeness (QED) is 0.696. The minimum Gasteiger partial charge on any atom is -0.382 e. The molecule has 5 heteroatoms. The average molecular weight is 197 g/mol. The van der Waals surface area contributed by atoms with Gasteiger partial charge >= 0.3 is 0 Å². The van der Waals surface area contributed by atoms with Crippen LogP contribution in [0.4, 0.5) is 5.82 Å².